The van der Waals surface area contributed by atoms with Gasteiger partial charge in [0, 0.05) is 12.0 Å². The molecule has 4 heteroatoms. The first kappa shape index (κ1) is 15.8. The molecule has 1 aliphatic heterocycles. The number of piperidine rings is 1. The number of carbonyl (C=O) groups excluding carboxylic acids is 1. The van der Waals surface area contributed by atoms with E-state index in [2.05, 4.69) is 24.5 Å². The van der Waals surface area contributed by atoms with E-state index < -0.39 is 0 Å². The van der Waals surface area contributed by atoms with Crippen LogP contribution >= 0.6 is 0 Å². The number of rotatable bonds is 5. The summed E-state index contributed by atoms with van der Waals surface area (Å²) in [6.45, 7) is 7.80. The Kier molecular flexibility index (Phi) is 5.62. The molecule has 4 nitrogen and oxygen atoms in total. The van der Waals surface area contributed by atoms with E-state index >= 15 is 0 Å². The average Bonchev–Trinajstić information content (AvgIpc) is 2.47. The summed E-state index contributed by atoms with van der Waals surface area (Å²) in [5.74, 6) is 0.960. The third kappa shape index (κ3) is 4.46. The van der Waals surface area contributed by atoms with Crippen molar-refractivity contribution in [1.29, 1.82) is 0 Å². The van der Waals surface area contributed by atoms with Crippen molar-refractivity contribution in [2.24, 2.45) is 5.92 Å². The second kappa shape index (κ2) is 7.46. The van der Waals surface area contributed by atoms with Crippen LogP contribution in [0.25, 0.3) is 0 Å². The largest absolute Gasteiger partial charge is 0.491 e. The quantitative estimate of drug-likeness (QED) is 0.876. The molecule has 0 saturated carbocycles. The van der Waals surface area contributed by atoms with Gasteiger partial charge in [-0.3, -0.25) is 4.79 Å². The van der Waals surface area contributed by atoms with E-state index in [9.17, 15) is 4.79 Å². The molecule has 1 fully saturated rings. The molecular formula is C17H26N2O2. The van der Waals surface area contributed by atoms with Crippen molar-refractivity contribution in [1.82, 2.24) is 5.32 Å². The first-order chi connectivity index (χ1) is 10.1. The van der Waals surface area contributed by atoms with Gasteiger partial charge in [0.05, 0.1) is 12.3 Å². The van der Waals surface area contributed by atoms with Gasteiger partial charge in [-0.2, -0.15) is 0 Å². The minimum Gasteiger partial charge on any atom is -0.491 e. The molecule has 0 spiro atoms. The van der Waals surface area contributed by atoms with Gasteiger partial charge in [0.2, 0.25) is 5.91 Å². The van der Waals surface area contributed by atoms with Crippen molar-refractivity contribution in [3.63, 3.8) is 0 Å². The minimum atomic E-state index is 0.0848. The maximum atomic E-state index is 12.4. The summed E-state index contributed by atoms with van der Waals surface area (Å²) in [5.41, 5.74) is 1.92. The van der Waals surface area contributed by atoms with Crippen LogP contribution in [0.15, 0.2) is 18.2 Å². The standard InChI is InChI=1S/C17H26N2O2/c1-4-9-21-16-10-12(2)5-6-15(16)19-17(20)14-7-8-18-13(3)11-14/h5-6,10,13-14,18H,4,7-9,11H2,1-3H3,(H,19,20). The monoisotopic (exact) mass is 290 g/mol. The van der Waals surface area contributed by atoms with E-state index in [0.29, 0.717) is 12.6 Å². The lowest BCUT2D eigenvalue weighted by atomic mass is 9.92. The van der Waals surface area contributed by atoms with Gasteiger partial charge < -0.3 is 15.4 Å². The third-order valence-corrected chi connectivity index (χ3v) is 3.85. The molecule has 0 aromatic heterocycles. The molecule has 2 N–H and O–H groups in total. The van der Waals surface area contributed by atoms with Gasteiger partial charge in [-0.25, -0.2) is 0 Å². The van der Waals surface area contributed by atoms with E-state index in [-0.39, 0.29) is 11.8 Å². The predicted molar refractivity (Wildman–Crippen MR) is 85.8 cm³/mol. The Balaban J connectivity index is 2.05. The number of hydrogen-bond donors (Lipinski definition) is 2. The summed E-state index contributed by atoms with van der Waals surface area (Å²) in [6.07, 6.45) is 2.74. The molecule has 1 aromatic rings. The van der Waals surface area contributed by atoms with Crippen molar-refractivity contribution >= 4 is 11.6 Å². The molecule has 1 aliphatic rings. The SMILES string of the molecule is CCCOc1cc(C)ccc1NC(=O)C1CCNC(C)C1. The Labute approximate surface area is 127 Å². The van der Waals surface area contributed by atoms with E-state index in [1.807, 2.05) is 25.1 Å². The van der Waals surface area contributed by atoms with Gasteiger partial charge in [-0.1, -0.05) is 13.0 Å². The second-order valence-electron chi connectivity index (χ2n) is 5.91. The van der Waals surface area contributed by atoms with Crippen LogP contribution in [-0.2, 0) is 4.79 Å². The van der Waals surface area contributed by atoms with Crippen LogP contribution in [0, 0.1) is 12.8 Å². The Morgan fingerprint density at radius 1 is 1.48 bits per heavy atom. The number of ether oxygens (including phenoxy) is 1. The molecule has 1 amide bonds. The summed E-state index contributed by atoms with van der Waals surface area (Å²) >= 11 is 0. The van der Waals surface area contributed by atoms with Gasteiger partial charge in [0.15, 0.2) is 0 Å². The number of carbonyl (C=O) groups is 1. The molecule has 2 atom stereocenters. The Bertz CT molecular complexity index is 488. The molecule has 21 heavy (non-hydrogen) atoms. The molecule has 1 saturated heterocycles. The molecule has 2 rings (SSSR count). The smallest absolute Gasteiger partial charge is 0.227 e. The van der Waals surface area contributed by atoms with Crippen molar-refractivity contribution in [3.8, 4) is 5.75 Å². The Hall–Kier alpha value is -1.55. The zero-order valence-electron chi connectivity index (χ0n) is 13.2. The maximum absolute atomic E-state index is 12.4. The Morgan fingerprint density at radius 3 is 3.00 bits per heavy atom. The fourth-order valence-electron chi connectivity index (χ4n) is 2.67. The molecular weight excluding hydrogens is 264 g/mol. The Morgan fingerprint density at radius 2 is 2.29 bits per heavy atom. The van der Waals surface area contributed by atoms with Crippen LogP contribution in [-0.4, -0.2) is 25.1 Å². The van der Waals surface area contributed by atoms with Gasteiger partial charge >= 0.3 is 0 Å². The zero-order valence-corrected chi connectivity index (χ0v) is 13.2. The second-order valence-corrected chi connectivity index (χ2v) is 5.91. The normalized spacial score (nSPS) is 21.9. The highest BCUT2D eigenvalue weighted by Gasteiger charge is 2.25. The van der Waals surface area contributed by atoms with E-state index in [1.54, 1.807) is 0 Å². The zero-order chi connectivity index (χ0) is 15.2. The van der Waals surface area contributed by atoms with Gasteiger partial charge in [0.25, 0.3) is 0 Å². The number of benzene rings is 1. The van der Waals surface area contributed by atoms with E-state index in [4.69, 9.17) is 4.74 Å². The first-order valence-corrected chi connectivity index (χ1v) is 7.88. The van der Waals surface area contributed by atoms with Crippen molar-refractivity contribution < 1.29 is 9.53 Å². The summed E-state index contributed by atoms with van der Waals surface area (Å²) in [5, 5.41) is 6.42. The van der Waals surface area contributed by atoms with Crippen molar-refractivity contribution in [3.05, 3.63) is 23.8 Å². The lowest BCUT2D eigenvalue weighted by Crippen LogP contribution is -2.40. The van der Waals surface area contributed by atoms with E-state index in [0.717, 1.165) is 42.8 Å². The summed E-state index contributed by atoms with van der Waals surface area (Å²) in [6, 6.07) is 6.32. The summed E-state index contributed by atoms with van der Waals surface area (Å²) in [7, 11) is 0. The van der Waals surface area contributed by atoms with Crippen LogP contribution in [0.5, 0.6) is 5.75 Å². The third-order valence-electron chi connectivity index (χ3n) is 3.85. The molecule has 116 valence electrons. The number of amides is 1. The number of aryl methyl sites for hydroxylation is 1. The van der Waals surface area contributed by atoms with Gasteiger partial charge in [-0.15, -0.1) is 0 Å². The van der Waals surface area contributed by atoms with Crippen LogP contribution in [0.2, 0.25) is 0 Å². The minimum absolute atomic E-state index is 0.0848. The summed E-state index contributed by atoms with van der Waals surface area (Å²) < 4.78 is 5.75. The lowest BCUT2D eigenvalue weighted by molar-refractivity contribution is -0.120. The number of hydrogen-bond acceptors (Lipinski definition) is 3. The first-order valence-electron chi connectivity index (χ1n) is 7.88. The average molecular weight is 290 g/mol. The maximum Gasteiger partial charge on any atom is 0.227 e. The van der Waals surface area contributed by atoms with Crippen LogP contribution in [0.1, 0.15) is 38.7 Å². The fraction of sp³-hybridized carbons (Fsp3) is 0.588. The molecule has 1 heterocycles. The molecule has 0 bridgehead atoms. The predicted octanol–water partition coefficient (Wildman–Crippen LogP) is 3.11. The van der Waals surface area contributed by atoms with Crippen LogP contribution in [0.3, 0.4) is 0 Å². The lowest BCUT2D eigenvalue weighted by Gasteiger charge is -2.27. The number of nitrogens with one attached hydrogen (secondary N) is 2. The topological polar surface area (TPSA) is 50.4 Å². The molecule has 0 aliphatic carbocycles. The summed E-state index contributed by atoms with van der Waals surface area (Å²) in [4.78, 5) is 12.4. The highest BCUT2D eigenvalue weighted by molar-refractivity contribution is 5.94. The van der Waals surface area contributed by atoms with Gasteiger partial charge in [0.1, 0.15) is 5.75 Å². The van der Waals surface area contributed by atoms with Crippen molar-refractivity contribution in [2.75, 3.05) is 18.5 Å². The van der Waals surface area contributed by atoms with E-state index in [1.165, 1.54) is 0 Å². The molecule has 2 unspecified atom stereocenters. The van der Waals surface area contributed by atoms with Crippen molar-refractivity contribution in [2.45, 2.75) is 46.1 Å². The van der Waals surface area contributed by atoms with Crippen LogP contribution < -0.4 is 15.4 Å². The highest BCUT2D eigenvalue weighted by Crippen LogP contribution is 2.27. The number of anilines is 1. The van der Waals surface area contributed by atoms with Crippen LogP contribution in [0.4, 0.5) is 5.69 Å². The highest BCUT2D eigenvalue weighted by atomic mass is 16.5. The van der Waals surface area contributed by atoms with Gasteiger partial charge in [-0.05, 0) is 57.4 Å². The fourth-order valence-corrected chi connectivity index (χ4v) is 2.67. The molecule has 0 radical (unpaired) electrons. The molecule has 1 aromatic carbocycles.